The summed E-state index contributed by atoms with van der Waals surface area (Å²) in [4.78, 5) is 4.75. The highest BCUT2D eigenvalue weighted by atomic mass is 79.9. The molecule has 25 heavy (non-hydrogen) atoms. The maximum Gasteiger partial charge on any atom is 0.129 e. The smallest absolute Gasteiger partial charge is 0.129 e. The van der Waals surface area contributed by atoms with Crippen LogP contribution in [0.2, 0.25) is 0 Å². The Labute approximate surface area is 154 Å². The zero-order valence-electron chi connectivity index (χ0n) is 13.7. The van der Waals surface area contributed by atoms with E-state index >= 15 is 0 Å². The van der Waals surface area contributed by atoms with Crippen LogP contribution in [-0.4, -0.2) is 24.6 Å². The number of benzene rings is 2. The lowest BCUT2D eigenvalue weighted by molar-refractivity contribution is 0.0778. The summed E-state index contributed by atoms with van der Waals surface area (Å²) in [7, 11) is 0. The van der Waals surface area contributed by atoms with Crippen molar-refractivity contribution in [1.82, 2.24) is 0 Å². The SMILES string of the molecule is Fc1cc(Br)ccc1CN=C1Nc2ccccc2NC12CCOCC2. The average Bonchev–Trinajstić information content (AvgIpc) is 2.62. The molecule has 2 aliphatic heterocycles. The van der Waals surface area contributed by atoms with Crippen LogP contribution in [0, 0.1) is 5.82 Å². The van der Waals surface area contributed by atoms with Crippen LogP contribution in [-0.2, 0) is 11.3 Å². The Morgan fingerprint density at radius 1 is 1.12 bits per heavy atom. The summed E-state index contributed by atoms with van der Waals surface area (Å²) in [6.45, 7) is 1.67. The molecule has 2 heterocycles. The van der Waals surface area contributed by atoms with Gasteiger partial charge < -0.3 is 15.4 Å². The van der Waals surface area contributed by atoms with Gasteiger partial charge in [-0.2, -0.15) is 0 Å². The molecular formula is C19H19BrFN3O. The third kappa shape index (κ3) is 3.28. The number of nitrogens with zero attached hydrogens (tertiary/aromatic N) is 1. The van der Waals surface area contributed by atoms with Gasteiger partial charge in [0.1, 0.15) is 11.7 Å². The van der Waals surface area contributed by atoms with E-state index < -0.39 is 0 Å². The predicted molar refractivity (Wildman–Crippen MR) is 102 cm³/mol. The number of amidine groups is 1. The zero-order valence-corrected chi connectivity index (χ0v) is 15.3. The number of hydrogen-bond acceptors (Lipinski definition) is 3. The van der Waals surface area contributed by atoms with Gasteiger partial charge in [0.05, 0.1) is 23.5 Å². The number of para-hydroxylation sites is 2. The molecule has 0 radical (unpaired) electrons. The Balaban J connectivity index is 1.67. The van der Waals surface area contributed by atoms with Crippen LogP contribution in [0.15, 0.2) is 51.9 Å². The largest absolute Gasteiger partial charge is 0.381 e. The number of rotatable bonds is 2. The fourth-order valence-electron chi connectivity index (χ4n) is 3.35. The molecule has 2 aromatic carbocycles. The number of fused-ring (bicyclic) bond motifs is 1. The van der Waals surface area contributed by atoms with E-state index in [4.69, 9.17) is 9.73 Å². The summed E-state index contributed by atoms with van der Waals surface area (Å²) in [5.41, 5.74) is 2.37. The second-order valence-corrected chi connectivity index (χ2v) is 7.31. The molecule has 0 saturated carbocycles. The predicted octanol–water partition coefficient (Wildman–Crippen LogP) is 4.57. The first kappa shape index (κ1) is 16.5. The van der Waals surface area contributed by atoms with Crippen molar-refractivity contribution in [1.29, 1.82) is 0 Å². The molecule has 1 spiro atoms. The minimum atomic E-state index is -0.279. The van der Waals surface area contributed by atoms with Crippen molar-refractivity contribution in [2.24, 2.45) is 4.99 Å². The molecule has 0 unspecified atom stereocenters. The van der Waals surface area contributed by atoms with Gasteiger partial charge in [-0.3, -0.25) is 4.99 Å². The van der Waals surface area contributed by atoms with Crippen LogP contribution in [0.5, 0.6) is 0 Å². The van der Waals surface area contributed by atoms with Crippen molar-refractivity contribution in [3.8, 4) is 0 Å². The molecule has 0 amide bonds. The molecule has 0 aromatic heterocycles. The first-order valence-electron chi connectivity index (χ1n) is 8.37. The highest BCUT2D eigenvalue weighted by molar-refractivity contribution is 9.10. The van der Waals surface area contributed by atoms with Crippen LogP contribution in [0.25, 0.3) is 0 Å². The Morgan fingerprint density at radius 2 is 1.88 bits per heavy atom. The molecule has 130 valence electrons. The van der Waals surface area contributed by atoms with Gasteiger partial charge in [0.2, 0.25) is 0 Å². The van der Waals surface area contributed by atoms with Crippen molar-refractivity contribution in [3.05, 3.63) is 58.3 Å². The van der Waals surface area contributed by atoms with Gasteiger partial charge in [-0.25, -0.2) is 4.39 Å². The van der Waals surface area contributed by atoms with Gasteiger partial charge in [-0.05, 0) is 24.3 Å². The van der Waals surface area contributed by atoms with E-state index in [0.717, 1.165) is 34.5 Å². The maximum atomic E-state index is 14.1. The van der Waals surface area contributed by atoms with Crippen LogP contribution < -0.4 is 10.6 Å². The van der Waals surface area contributed by atoms with Crippen molar-refractivity contribution in [3.63, 3.8) is 0 Å². The normalized spacial score (nSPS) is 20.0. The highest BCUT2D eigenvalue weighted by Crippen LogP contribution is 2.36. The molecule has 1 saturated heterocycles. The first-order chi connectivity index (χ1) is 12.2. The molecule has 4 rings (SSSR count). The Bertz CT molecular complexity index is 818. The minimum absolute atomic E-state index is 0.246. The van der Waals surface area contributed by atoms with Crippen LogP contribution in [0.1, 0.15) is 18.4 Å². The van der Waals surface area contributed by atoms with E-state index in [0.29, 0.717) is 25.3 Å². The van der Waals surface area contributed by atoms with Gasteiger partial charge in [-0.15, -0.1) is 0 Å². The average molecular weight is 404 g/mol. The third-order valence-electron chi connectivity index (χ3n) is 4.78. The van der Waals surface area contributed by atoms with Crippen molar-refractivity contribution < 1.29 is 9.13 Å². The summed E-state index contributed by atoms with van der Waals surface area (Å²) < 4.78 is 20.4. The lowest BCUT2D eigenvalue weighted by atomic mass is 9.86. The van der Waals surface area contributed by atoms with Gasteiger partial charge in [0, 0.05) is 36.1 Å². The molecule has 2 aromatic rings. The lowest BCUT2D eigenvalue weighted by Gasteiger charge is -2.43. The lowest BCUT2D eigenvalue weighted by Crippen LogP contribution is -2.55. The van der Waals surface area contributed by atoms with Gasteiger partial charge in [0.15, 0.2) is 0 Å². The molecule has 0 atom stereocenters. The second-order valence-electron chi connectivity index (χ2n) is 6.39. The molecular weight excluding hydrogens is 385 g/mol. The summed E-state index contributed by atoms with van der Waals surface area (Å²) in [6, 6.07) is 13.2. The zero-order chi connectivity index (χ0) is 17.3. The van der Waals surface area contributed by atoms with E-state index in [2.05, 4.69) is 32.6 Å². The first-order valence-corrected chi connectivity index (χ1v) is 9.16. The summed E-state index contributed by atoms with van der Waals surface area (Å²) in [5.74, 6) is 0.612. The monoisotopic (exact) mass is 403 g/mol. The van der Waals surface area contributed by atoms with E-state index in [1.54, 1.807) is 6.07 Å². The Morgan fingerprint density at radius 3 is 2.64 bits per heavy atom. The molecule has 4 nitrogen and oxygen atoms in total. The van der Waals surface area contributed by atoms with Gasteiger partial charge >= 0.3 is 0 Å². The third-order valence-corrected chi connectivity index (χ3v) is 5.27. The highest BCUT2D eigenvalue weighted by Gasteiger charge is 2.41. The summed E-state index contributed by atoms with van der Waals surface area (Å²) in [6.07, 6.45) is 1.66. The van der Waals surface area contributed by atoms with Crippen molar-refractivity contribution in [2.75, 3.05) is 23.8 Å². The van der Waals surface area contributed by atoms with Crippen LogP contribution >= 0.6 is 15.9 Å². The van der Waals surface area contributed by atoms with Crippen LogP contribution in [0.3, 0.4) is 0 Å². The second kappa shape index (κ2) is 6.77. The minimum Gasteiger partial charge on any atom is -0.381 e. The summed E-state index contributed by atoms with van der Waals surface area (Å²) in [5, 5.41) is 7.11. The number of nitrogens with one attached hydrogen (secondary N) is 2. The van der Waals surface area contributed by atoms with E-state index in [1.807, 2.05) is 24.3 Å². The topological polar surface area (TPSA) is 45.7 Å². The molecule has 0 aliphatic carbocycles. The molecule has 2 aliphatic rings. The standard InChI is InChI=1S/C19H19BrFN3O/c20-14-6-5-13(15(21)11-14)12-22-18-19(7-9-25-10-8-19)24-17-4-2-1-3-16(17)23-18/h1-6,11,24H,7-10,12H2,(H,22,23). The van der Waals surface area contributed by atoms with Crippen molar-refractivity contribution in [2.45, 2.75) is 24.9 Å². The van der Waals surface area contributed by atoms with Crippen LogP contribution in [0.4, 0.5) is 15.8 Å². The number of halogens is 2. The molecule has 6 heteroatoms. The van der Waals surface area contributed by atoms with E-state index in [-0.39, 0.29) is 11.4 Å². The number of anilines is 2. The van der Waals surface area contributed by atoms with Gasteiger partial charge in [-0.1, -0.05) is 34.1 Å². The number of hydrogen-bond donors (Lipinski definition) is 2. The maximum absolute atomic E-state index is 14.1. The molecule has 2 N–H and O–H groups in total. The molecule has 0 bridgehead atoms. The quantitative estimate of drug-likeness (QED) is 0.771. The van der Waals surface area contributed by atoms with E-state index in [9.17, 15) is 4.39 Å². The fourth-order valence-corrected chi connectivity index (χ4v) is 3.69. The Kier molecular flexibility index (Phi) is 4.48. The number of aliphatic imine (C=N–C) groups is 1. The Hall–Kier alpha value is -1.92. The van der Waals surface area contributed by atoms with E-state index in [1.165, 1.54) is 6.07 Å². The number of ether oxygens (including phenoxy) is 1. The van der Waals surface area contributed by atoms with Gasteiger partial charge in [0.25, 0.3) is 0 Å². The van der Waals surface area contributed by atoms with Crippen molar-refractivity contribution >= 4 is 33.1 Å². The fraction of sp³-hybridized carbons (Fsp3) is 0.316. The summed E-state index contributed by atoms with van der Waals surface area (Å²) >= 11 is 3.29. The molecule has 1 fully saturated rings.